The van der Waals surface area contributed by atoms with E-state index in [1.807, 2.05) is 51.5 Å². The first-order valence-corrected chi connectivity index (χ1v) is 12.3. The van der Waals surface area contributed by atoms with E-state index in [-0.39, 0.29) is 5.91 Å². The Hall–Kier alpha value is -4.02. The Labute approximate surface area is 215 Å². The van der Waals surface area contributed by atoms with Crippen LogP contribution in [-0.2, 0) is 18.4 Å². The molecule has 3 aromatic heterocycles. The van der Waals surface area contributed by atoms with Gasteiger partial charge in [-0.15, -0.1) is 0 Å². The van der Waals surface area contributed by atoms with E-state index in [4.69, 9.17) is 9.47 Å². The number of carbonyl (C=O) groups is 1. The molecule has 0 saturated carbocycles. The molecule has 2 bridgehead atoms. The van der Waals surface area contributed by atoms with Crippen molar-refractivity contribution in [2.75, 3.05) is 40.4 Å². The first-order valence-electron chi connectivity index (χ1n) is 12.3. The highest BCUT2D eigenvalue weighted by Crippen LogP contribution is 2.28. The van der Waals surface area contributed by atoms with Crippen LogP contribution in [0.1, 0.15) is 33.7 Å². The second kappa shape index (κ2) is 10.9. The monoisotopic (exact) mass is 501 g/mol. The van der Waals surface area contributed by atoms with Gasteiger partial charge in [-0.05, 0) is 63.5 Å². The van der Waals surface area contributed by atoms with E-state index in [0.717, 1.165) is 52.1 Å². The Kier molecular flexibility index (Phi) is 7.29. The summed E-state index contributed by atoms with van der Waals surface area (Å²) < 4.78 is 13.8. The molecule has 0 saturated heterocycles. The van der Waals surface area contributed by atoms with Gasteiger partial charge in [0.2, 0.25) is 0 Å². The number of H-pyrrole nitrogens is 1. The van der Waals surface area contributed by atoms with Crippen LogP contribution < -0.4 is 10.1 Å². The van der Waals surface area contributed by atoms with E-state index < -0.39 is 0 Å². The van der Waals surface area contributed by atoms with E-state index >= 15 is 0 Å². The number of pyridine rings is 1. The molecule has 4 heterocycles. The summed E-state index contributed by atoms with van der Waals surface area (Å²) in [4.78, 5) is 19.5. The highest BCUT2D eigenvalue weighted by atomic mass is 16.5. The molecule has 0 fully saturated rings. The molecule has 192 valence electrons. The van der Waals surface area contributed by atoms with Crippen molar-refractivity contribution in [3.63, 3.8) is 0 Å². The second-order valence-electron chi connectivity index (χ2n) is 9.25. The van der Waals surface area contributed by atoms with Gasteiger partial charge in [-0.2, -0.15) is 10.2 Å². The molecule has 1 aliphatic rings. The molecule has 1 aliphatic heterocycles. The summed E-state index contributed by atoms with van der Waals surface area (Å²) in [5.41, 5.74) is 5.61. The Balaban J connectivity index is 1.47. The summed E-state index contributed by atoms with van der Waals surface area (Å²) in [6.07, 6.45) is 8.31. The van der Waals surface area contributed by atoms with Crippen LogP contribution in [-0.4, -0.2) is 76.2 Å². The molecule has 0 spiro atoms. The van der Waals surface area contributed by atoms with Gasteiger partial charge in [0.25, 0.3) is 5.91 Å². The van der Waals surface area contributed by atoms with Gasteiger partial charge >= 0.3 is 0 Å². The van der Waals surface area contributed by atoms with Crippen molar-refractivity contribution in [1.82, 2.24) is 35.2 Å². The van der Waals surface area contributed by atoms with Gasteiger partial charge in [0.05, 0.1) is 48.2 Å². The number of aromatic nitrogens is 5. The third kappa shape index (κ3) is 5.55. The first kappa shape index (κ1) is 24.7. The number of amides is 1. The lowest BCUT2D eigenvalue weighted by molar-refractivity contribution is 0.0852. The fourth-order valence-corrected chi connectivity index (χ4v) is 4.26. The highest BCUT2D eigenvalue weighted by Gasteiger charge is 2.16. The quantitative estimate of drug-likeness (QED) is 0.404. The van der Waals surface area contributed by atoms with Gasteiger partial charge in [-0.1, -0.05) is 0 Å². The summed E-state index contributed by atoms with van der Waals surface area (Å²) in [6.45, 7) is 2.68. The number of fused-ring (bicyclic) bond motifs is 4. The minimum absolute atomic E-state index is 0.110. The van der Waals surface area contributed by atoms with E-state index in [9.17, 15) is 4.79 Å². The fraction of sp³-hybridized carbons (Fsp3) is 0.333. The van der Waals surface area contributed by atoms with Crippen molar-refractivity contribution < 1.29 is 14.3 Å². The van der Waals surface area contributed by atoms with E-state index in [1.165, 1.54) is 0 Å². The van der Waals surface area contributed by atoms with Gasteiger partial charge in [0, 0.05) is 35.7 Å². The van der Waals surface area contributed by atoms with Crippen LogP contribution in [0.2, 0.25) is 0 Å². The van der Waals surface area contributed by atoms with E-state index in [0.29, 0.717) is 37.7 Å². The average Bonchev–Trinajstić information content (AvgIpc) is 3.47. The number of aromatic amines is 1. The summed E-state index contributed by atoms with van der Waals surface area (Å²) in [5, 5.41) is 15.9. The van der Waals surface area contributed by atoms with Crippen LogP contribution >= 0.6 is 0 Å². The predicted molar refractivity (Wildman–Crippen MR) is 142 cm³/mol. The Morgan fingerprint density at radius 3 is 2.95 bits per heavy atom. The van der Waals surface area contributed by atoms with Crippen molar-refractivity contribution in [3.05, 3.63) is 59.2 Å². The highest BCUT2D eigenvalue weighted by molar-refractivity contribution is 5.96. The molecule has 0 radical (unpaired) electrons. The fourth-order valence-electron chi connectivity index (χ4n) is 4.26. The molecule has 10 nitrogen and oxygen atoms in total. The summed E-state index contributed by atoms with van der Waals surface area (Å²) >= 11 is 0. The number of nitrogens with one attached hydrogen (secondary N) is 2. The van der Waals surface area contributed by atoms with Crippen molar-refractivity contribution >= 4 is 29.0 Å². The van der Waals surface area contributed by atoms with Gasteiger partial charge in [-0.3, -0.25) is 19.6 Å². The van der Waals surface area contributed by atoms with Crippen LogP contribution in [0.4, 0.5) is 0 Å². The van der Waals surface area contributed by atoms with Crippen LogP contribution in [0.3, 0.4) is 0 Å². The number of carbonyl (C=O) groups excluding carboxylic acids is 1. The number of hydrogen-bond donors (Lipinski definition) is 2. The Morgan fingerprint density at radius 2 is 2.08 bits per heavy atom. The van der Waals surface area contributed by atoms with Crippen molar-refractivity contribution in [3.8, 4) is 17.0 Å². The number of rotatable bonds is 5. The summed E-state index contributed by atoms with van der Waals surface area (Å²) in [5.74, 6) is 0.559. The van der Waals surface area contributed by atoms with Crippen molar-refractivity contribution in [2.45, 2.75) is 13.0 Å². The minimum atomic E-state index is -0.110. The standard InChI is InChI=1S/C27H31N7O3/c1-33(2)10-4-9-28-27(35)19-6-8-26-18(13-19)5-7-22-20-14-23(29-16-24(20)32-31-22)21-15-30-34(3)25(21)17-36-11-12-37-26/h5-8,13-16H,4,9-12,17H2,1-3H3,(H,28,35)(H,31,32)/b7-5+. The summed E-state index contributed by atoms with van der Waals surface area (Å²) in [7, 11) is 5.93. The molecule has 1 amide bonds. The second-order valence-corrected chi connectivity index (χ2v) is 9.25. The molecule has 2 N–H and O–H groups in total. The van der Waals surface area contributed by atoms with Crippen LogP contribution in [0.5, 0.6) is 5.75 Å². The predicted octanol–water partition coefficient (Wildman–Crippen LogP) is 3.12. The molecule has 0 atom stereocenters. The normalized spacial score (nSPS) is 14.5. The number of ether oxygens (including phenoxy) is 2. The number of aryl methyl sites for hydroxylation is 1. The maximum Gasteiger partial charge on any atom is 0.251 e. The largest absolute Gasteiger partial charge is 0.491 e. The zero-order valence-corrected chi connectivity index (χ0v) is 21.3. The van der Waals surface area contributed by atoms with Crippen LogP contribution in [0.25, 0.3) is 34.3 Å². The summed E-state index contributed by atoms with van der Waals surface area (Å²) in [6, 6.07) is 7.46. The number of benzene rings is 1. The van der Waals surface area contributed by atoms with Crippen molar-refractivity contribution in [1.29, 1.82) is 0 Å². The number of nitrogens with zero attached hydrogens (tertiary/aromatic N) is 5. The topological polar surface area (TPSA) is 110 Å². The molecular formula is C27H31N7O3. The maximum absolute atomic E-state index is 12.8. The molecule has 4 aromatic rings. The lowest BCUT2D eigenvalue weighted by Crippen LogP contribution is -2.27. The maximum atomic E-state index is 12.8. The smallest absolute Gasteiger partial charge is 0.251 e. The van der Waals surface area contributed by atoms with Gasteiger partial charge < -0.3 is 19.7 Å². The van der Waals surface area contributed by atoms with E-state index in [2.05, 4.69) is 30.5 Å². The van der Waals surface area contributed by atoms with Gasteiger partial charge in [-0.25, -0.2) is 0 Å². The lowest BCUT2D eigenvalue weighted by atomic mass is 10.1. The Morgan fingerprint density at radius 1 is 1.19 bits per heavy atom. The molecule has 10 heteroatoms. The van der Waals surface area contributed by atoms with Crippen LogP contribution in [0.15, 0.2) is 36.7 Å². The van der Waals surface area contributed by atoms with Gasteiger partial charge in [0.15, 0.2) is 0 Å². The first-order chi connectivity index (χ1) is 18.0. The molecule has 37 heavy (non-hydrogen) atoms. The van der Waals surface area contributed by atoms with Crippen molar-refractivity contribution in [2.24, 2.45) is 7.05 Å². The van der Waals surface area contributed by atoms with Crippen LogP contribution in [0, 0.1) is 0 Å². The number of hydrogen-bond acceptors (Lipinski definition) is 7. The third-order valence-corrected chi connectivity index (χ3v) is 6.30. The zero-order valence-electron chi connectivity index (χ0n) is 21.3. The molecule has 1 aromatic carbocycles. The zero-order chi connectivity index (χ0) is 25.8. The minimum Gasteiger partial charge on any atom is -0.491 e. The lowest BCUT2D eigenvalue weighted by Gasteiger charge is -2.13. The Bertz CT molecular complexity index is 1440. The molecular weight excluding hydrogens is 470 g/mol. The van der Waals surface area contributed by atoms with E-state index in [1.54, 1.807) is 23.1 Å². The SMILES string of the molecule is CN(C)CCCNC(=O)c1ccc2c(c1)/C=C/c1n[nH]c3cnc(cc13)-c1cnn(C)c1COCCO2. The average molecular weight is 502 g/mol. The molecule has 0 unspecified atom stereocenters. The third-order valence-electron chi connectivity index (χ3n) is 6.30. The molecule has 5 rings (SSSR count). The van der Waals surface area contributed by atoms with Gasteiger partial charge in [0.1, 0.15) is 12.4 Å². The molecule has 0 aliphatic carbocycles.